The van der Waals surface area contributed by atoms with Gasteiger partial charge in [-0.05, 0) is 49.7 Å². The van der Waals surface area contributed by atoms with Gasteiger partial charge in [-0.1, -0.05) is 48.5 Å². The predicted molar refractivity (Wildman–Crippen MR) is 150 cm³/mol. The molecule has 0 spiro atoms. The standard InChI is InChI=1S/C28H32F3N7O4/c29-28(30,31)42-24-9-5-4-8-20(24)16-34-27-35-17-23(38(40)41)25(37-27)33-15-19-10-12-21(13-11-19)36-26(39)22(32)14-18-6-2-1-3-7-18/h1-9,17,19,21-22H,10-16,32H2,(H,36,39)(H2,33,34,35,37)/t19-,21-,22-/m1/s1. The zero-order chi connectivity index (χ0) is 30.1. The summed E-state index contributed by atoms with van der Waals surface area (Å²) in [6, 6.07) is 14.5. The molecule has 1 atom stereocenters. The highest BCUT2D eigenvalue weighted by atomic mass is 19.4. The van der Waals surface area contributed by atoms with Crippen molar-refractivity contribution in [3.63, 3.8) is 0 Å². The van der Waals surface area contributed by atoms with Crippen LogP contribution in [0.1, 0.15) is 36.8 Å². The van der Waals surface area contributed by atoms with E-state index in [1.165, 1.54) is 18.2 Å². The summed E-state index contributed by atoms with van der Waals surface area (Å²) in [5.74, 6) is -0.372. The maximum atomic E-state index is 12.7. The minimum atomic E-state index is -4.85. The molecule has 1 amide bonds. The smallest absolute Gasteiger partial charge is 0.405 e. The number of ether oxygens (including phenoxy) is 1. The third-order valence-electron chi connectivity index (χ3n) is 6.99. The number of para-hydroxylation sites is 1. The minimum absolute atomic E-state index is 0.000335. The van der Waals surface area contributed by atoms with Gasteiger partial charge < -0.3 is 26.4 Å². The second-order valence-corrected chi connectivity index (χ2v) is 10.1. The topological polar surface area (TPSA) is 157 Å². The first kappa shape index (κ1) is 30.5. The van der Waals surface area contributed by atoms with Crippen LogP contribution in [0.2, 0.25) is 0 Å². The number of alkyl halides is 3. The summed E-state index contributed by atoms with van der Waals surface area (Å²) >= 11 is 0. The molecule has 0 saturated heterocycles. The Balaban J connectivity index is 1.28. The number of nitrogens with zero attached hydrogens (tertiary/aromatic N) is 3. The van der Waals surface area contributed by atoms with Crippen molar-refractivity contribution in [2.45, 2.75) is 57.1 Å². The molecule has 14 heteroatoms. The summed E-state index contributed by atoms with van der Waals surface area (Å²) in [6.07, 6.45) is -0.299. The van der Waals surface area contributed by atoms with Crippen LogP contribution >= 0.6 is 0 Å². The number of aromatic nitrogens is 2. The Hall–Kier alpha value is -4.46. The Labute approximate surface area is 240 Å². The molecule has 0 bridgehead atoms. The molecular formula is C28H32F3N7O4. The molecule has 1 heterocycles. The number of halogens is 3. The Morgan fingerprint density at radius 2 is 1.76 bits per heavy atom. The average molecular weight is 588 g/mol. The second kappa shape index (κ2) is 13.9. The van der Waals surface area contributed by atoms with Crippen molar-refractivity contribution in [1.29, 1.82) is 0 Å². The van der Waals surface area contributed by atoms with Gasteiger partial charge in [-0.15, -0.1) is 13.2 Å². The van der Waals surface area contributed by atoms with Gasteiger partial charge in [-0.3, -0.25) is 14.9 Å². The molecule has 4 rings (SSSR count). The molecule has 1 aliphatic rings. The first-order chi connectivity index (χ1) is 20.1. The van der Waals surface area contributed by atoms with Gasteiger partial charge in [0.15, 0.2) is 0 Å². The van der Waals surface area contributed by atoms with Crippen molar-refractivity contribution in [3.8, 4) is 5.75 Å². The molecule has 0 aliphatic heterocycles. The number of nitrogens with one attached hydrogen (secondary N) is 3. The SMILES string of the molecule is N[C@H](Cc1ccccc1)C(=O)N[C@H]1CC[C@H](CNc2nc(NCc3ccccc3OC(F)(F)F)ncc2[N+](=O)[O-])CC1. The number of rotatable bonds is 12. The third-order valence-corrected chi connectivity index (χ3v) is 6.99. The zero-order valence-electron chi connectivity index (χ0n) is 22.6. The number of carbonyl (C=O) groups excluding carboxylic acids is 1. The molecular weight excluding hydrogens is 555 g/mol. The van der Waals surface area contributed by atoms with Crippen LogP contribution in [0.3, 0.4) is 0 Å². The van der Waals surface area contributed by atoms with Gasteiger partial charge in [0.25, 0.3) is 0 Å². The summed E-state index contributed by atoms with van der Waals surface area (Å²) in [6.45, 7) is 0.308. The molecule has 11 nitrogen and oxygen atoms in total. The highest BCUT2D eigenvalue weighted by Crippen LogP contribution is 2.29. The van der Waals surface area contributed by atoms with E-state index in [0.29, 0.717) is 13.0 Å². The van der Waals surface area contributed by atoms with Crippen LogP contribution in [0.5, 0.6) is 5.75 Å². The molecule has 1 aliphatic carbocycles. The van der Waals surface area contributed by atoms with Crippen molar-refractivity contribution in [2.75, 3.05) is 17.2 Å². The van der Waals surface area contributed by atoms with Crippen LogP contribution in [0.4, 0.5) is 30.6 Å². The third kappa shape index (κ3) is 9.03. The molecule has 2 aromatic carbocycles. The quantitative estimate of drug-likeness (QED) is 0.176. The number of hydrogen-bond acceptors (Lipinski definition) is 9. The lowest BCUT2D eigenvalue weighted by Gasteiger charge is -2.30. The maximum Gasteiger partial charge on any atom is 0.573 e. The van der Waals surface area contributed by atoms with Gasteiger partial charge in [0, 0.05) is 24.7 Å². The largest absolute Gasteiger partial charge is 0.573 e. The van der Waals surface area contributed by atoms with Crippen molar-refractivity contribution in [1.82, 2.24) is 15.3 Å². The molecule has 1 fully saturated rings. The molecule has 1 aromatic heterocycles. The summed E-state index contributed by atoms with van der Waals surface area (Å²) in [5, 5.41) is 20.4. The summed E-state index contributed by atoms with van der Waals surface area (Å²) in [5.41, 5.74) is 6.97. The van der Waals surface area contributed by atoms with Crippen molar-refractivity contribution in [2.24, 2.45) is 11.7 Å². The average Bonchev–Trinajstić information content (AvgIpc) is 2.96. The van der Waals surface area contributed by atoms with Gasteiger partial charge in [0.1, 0.15) is 11.9 Å². The fourth-order valence-electron chi connectivity index (χ4n) is 4.79. The summed E-state index contributed by atoms with van der Waals surface area (Å²) in [7, 11) is 0. The number of carbonyl (C=O) groups is 1. The number of benzene rings is 2. The summed E-state index contributed by atoms with van der Waals surface area (Å²) < 4.78 is 42.2. The number of nitrogens with two attached hydrogens (primary N) is 1. The lowest BCUT2D eigenvalue weighted by Crippen LogP contribution is -2.47. The van der Waals surface area contributed by atoms with Gasteiger partial charge in [0.2, 0.25) is 17.7 Å². The molecule has 42 heavy (non-hydrogen) atoms. The van der Waals surface area contributed by atoms with Crippen LogP contribution in [0.25, 0.3) is 0 Å². The Morgan fingerprint density at radius 1 is 1.07 bits per heavy atom. The molecule has 0 radical (unpaired) electrons. The molecule has 0 unspecified atom stereocenters. The first-order valence-corrected chi connectivity index (χ1v) is 13.5. The summed E-state index contributed by atoms with van der Waals surface area (Å²) in [4.78, 5) is 31.6. The number of anilines is 2. The van der Waals surface area contributed by atoms with Crippen LogP contribution < -0.4 is 26.4 Å². The van der Waals surface area contributed by atoms with Crippen LogP contribution in [0, 0.1) is 16.0 Å². The zero-order valence-corrected chi connectivity index (χ0v) is 22.6. The normalized spacial score (nSPS) is 17.6. The van der Waals surface area contributed by atoms with E-state index in [-0.39, 0.29) is 53.2 Å². The van der Waals surface area contributed by atoms with E-state index in [9.17, 15) is 28.1 Å². The fourth-order valence-corrected chi connectivity index (χ4v) is 4.79. The molecule has 5 N–H and O–H groups in total. The van der Waals surface area contributed by atoms with Gasteiger partial charge >= 0.3 is 12.0 Å². The molecule has 3 aromatic rings. The lowest BCUT2D eigenvalue weighted by atomic mass is 9.86. The Bertz CT molecular complexity index is 1350. The highest BCUT2D eigenvalue weighted by molar-refractivity contribution is 5.82. The van der Waals surface area contributed by atoms with E-state index in [2.05, 4.69) is 30.7 Å². The highest BCUT2D eigenvalue weighted by Gasteiger charge is 2.32. The van der Waals surface area contributed by atoms with E-state index in [1.807, 2.05) is 30.3 Å². The van der Waals surface area contributed by atoms with E-state index in [0.717, 1.165) is 37.4 Å². The Kier molecular flexibility index (Phi) is 10.1. The van der Waals surface area contributed by atoms with E-state index in [4.69, 9.17) is 5.73 Å². The van der Waals surface area contributed by atoms with Gasteiger partial charge in [-0.2, -0.15) is 4.98 Å². The second-order valence-electron chi connectivity index (χ2n) is 10.1. The van der Waals surface area contributed by atoms with Gasteiger partial charge in [0.05, 0.1) is 11.0 Å². The van der Waals surface area contributed by atoms with Crippen LogP contribution in [-0.4, -0.2) is 45.8 Å². The number of nitro groups is 1. The van der Waals surface area contributed by atoms with Crippen LogP contribution in [0.15, 0.2) is 60.8 Å². The van der Waals surface area contributed by atoms with Crippen molar-refractivity contribution in [3.05, 3.63) is 82.0 Å². The van der Waals surface area contributed by atoms with E-state index >= 15 is 0 Å². The maximum absolute atomic E-state index is 12.7. The fraction of sp³-hybridized carbons (Fsp3) is 0.393. The van der Waals surface area contributed by atoms with E-state index in [1.54, 1.807) is 6.07 Å². The van der Waals surface area contributed by atoms with Gasteiger partial charge in [-0.25, -0.2) is 4.98 Å². The van der Waals surface area contributed by atoms with E-state index < -0.39 is 17.3 Å². The number of amides is 1. The van der Waals surface area contributed by atoms with Crippen molar-refractivity contribution < 1.29 is 27.6 Å². The predicted octanol–water partition coefficient (Wildman–Crippen LogP) is 4.55. The molecule has 1 saturated carbocycles. The molecule has 224 valence electrons. The Morgan fingerprint density at radius 3 is 2.45 bits per heavy atom. The number of hydrogen-bond donors (Lipinski definition) is 4. The minimum Gasteiger partial charge on any atom is -0.405 e. The van der Waals surface area contributed by atoms with Crippen molar-refractivity contribution >= 4 is 23.4 Å². The lowest BCUT2D eigenvalue weighted by molar-refractivity contribution is -0.384. The monoisotopic (exact) mass is 587 g/mol. The first-order valence-electron chi connectivity index (χ1n) is 13.5. The van der Waals surface area contributed by atoms with Crippen LogP contribution in [-0.2, 0) is 17.8 Å².